The zero-order chi connectivity index (χ0) is 12.6. The Hall–Kier alpha value is 0.150. The maximum Gasteiger partial charge on any atom is 0.164 e. The first-order valence-corrected chi connectivity index (χ1v) is 6.95. The van der Waals surface area contributed by atoms with Gasteiger partial charge < -0.3 is 24.4 Å². The number of ether oxygens (including phenoxy) is 3. The Morgan fingerprint density at radius 2 is 1.88 bits per heavy atom. The maximum absolute atomic E-state index is 10.2. The predicted octanol–water partition coefficient (Wildman–Crippen LogP) is 0.338. The van der Waals surface area contributed by atoms with Gasteiger partial charge in [0.25, 0.3) is 0 Å². The zero-order valence-electron chi connectivity index (χ0n) is 10.3. The second-order valence-corrected chi connectivity index (χ2v) is 6.11. The lowest BCUT2D eigenvalue weighted by Crippen LogP contribution is -2.56. The van der Waals surface area contributed by atoms with Crippen molar-refractivity contribution in [3.05, 3.63) is 0 Å². The van der Waals surface area contributed by atoms with Crippen molar-refractivity contribution in [2.75, 3.05) is 12.4 Å². The molecule has 6 heteroatoms. The third-order valence-corrected chi connectivity index (χ3v) is 4.02. The number of aliphatic hydroxyl groups excluding tert-OH is 2. The van der Waals surface area contributed by atoms with E-state index in [0.717, 1.165) is 5.75 Å². The van der Waals surface area contributed by atoms with Crippen molar-refractivity contribution in [2.45, 2.75) is 56.4 Å². The molecule has 17 heavy (non-hydrogen) atoms. The standard InChI is InChI=1S/C11H20O5S/c1-4-17-10-7(13)9-8(6(5-12)14-10)15-11(2,3)16-9/h6-10,12-13H,4-5H2,1-3H3/t6-,7-,8+,9-,10?/m1/s1. The Labute approximate surface area is 105 Å². The van der Waals surface area contributed by atoms with E-state index in [-0.39, 0.29) is 12.0 Å². The van der Waals surface area contributed by atoms with Crippen molar-refractivity contribution < 1.29 is 24.4 Å². The van der Waals surface area contributed by atoms with E-state index in [2.05, 4.69) is 0 Å². The molecule has 0 aromatic carbocycles. The van der Waals surface area contributed by atoms with Gasteiger partial charge in [-0.15, -0.1) is 11.8 Å². The number of rotatable bonds is 3. The highest BCUT2D eigenvalue weighted by molar-refractivity contribution is 7.99. The highest BCUT2D eigenvalue weighted by Gasteiger charge is 2.54. The summed E-state index contributed by atoms with van der Waals surface area (Å²) in [6.45, 7) is 5.47. The molecule has 2 saturated heterocycles. The summed E-state index contributed by atoms with van der Waals surface area (Å²) in [5, 5.41) is 19.5. The summed E-state index contributed by atoms with van der Waals surface area (Å²) in [6, 6.07) is 0. The van der Waals surface area contributed by atoms with E-state index in [1.165, 1.54) is 11.8 Å². The van der Waals surface area contributed by atoms with Gasteiger partial charge in [-0.05, 0) is 19.6 Å². The van der Waals surface area contributed by atoms with Crippen LogP contribution in [0, 0.1) is 0 Å². The van der Waals surface area contributed by atoms with Crippen LogP contribution in [0.25, 0.3) is 0 Å². The summed E-state index contributed by atoms with van der Waals surface area (Å²) in [5.41, 5.74) is -0.365. The molecule has 0 saturated carbocycles. The van der Waals surface area contributed by atoms with E-state index >= 15 is 0 Å². The second kappa shape index (κ2) is 5.03. The summed E-state index contributed by atoms with van der Waals surface area (Å²) in [5.74, 6) is 0.0976. The molecule has 2 fully saturated rings. The van der Waals surface area contributed by atoms with Gasteiger partial charge in [-0.2, -0.15) is 0 Å². The first-order valence-electron chi connectivity index (χ1n) is 5.90. The smallest absolute Gasteiger partial charge is 0.164 e. The molecule has 0 bridgehead atoms. The lowest BCUT2D eigenvalue weighted by molar-refractivity contribution is -0.168. The van der Waals surface area contributed by atoms with E-state index in [1.807, 2.05) is 6.92 Å². The van der Waals surface area contributed by atoms with Crippen LogP contribution in [-0.2, 0) is 14.2 Å². The van der Waals surface area contributed by atoms with Crippen LogP contribution in [0.5, 0.6) is 0 Å². The fourth-order valence-electron chi connectivity index (χ4n) is 2.30. The van der Waals surface area contributed by atoms with Crippen LogP contribution in [0.15, 0.2) is 0 Å². The molecular formula is C11H20O5S. The molecule has 2 aliphatic heterocycles. The van der Waals surface area contributed by atoms with Crippen LogP contribution < -0.4 is 0 Å². The van der Waals surface area contributed by atoms with Gasteiger partial charge >= 0.3 is 0 Å². The molecule has 0 radical (unpaired) electrons. The van der Waals surface area contributed by atoms with Crippen LogP contribution in [0.2, 0.25) is 0 Å². The molecular weight excluding hydrogens is 244 g/mol. The van der Waals surface area contributed by atoms with Crippen molar-refractivity contribution >= 4 is 11.8 Å². The minimum Gasteiger partial charge on any atom is -0.394 e. The van der Waals surface area contributed by atoms with Gasteiger partial charge in [0.1, 0.15) is 29.9 Å². The Morgan fingerprint density at radius 1 is 1.24 bits per heavy atom. The molecule has 2 rings (SSSR count). The van der Waals surface area contributed by atoms with Crippen molar-refractivity contribution in [3.8, 4) is 0 Å². The average Bonchev–Trinajstić information content (AvgIpc) is 2.59. The molecule has 2 N–H and O–H groups in total. The lowest BCUT2D eigenvalue weighted by Gasteiger charge is -2.39. The third-order valence-electron chi connectivity index (χ3n) is 2.97. The fraction of sp³-hybridized carbons (Fsp3) is 1.00. The normalized spacial score (nSPS) is 44.6. The van der Waals surface area contributed by atoms with Crippen LogP contribution in [0.4, 0.5) is 0 Å². The van der Waals surface area contributed by atoms with E-state index in [0.29, 0.717) is 0 Å². The van der Waals surface area contributed by atoms with Crippen LogP contribution in [0.3, 0.4) is 0 Å². The molecule has 0 amide bonds. The Morgan fingerprint density at radius 3 is 2.47 bits per heavy atom. The van der Waals surface area contributed by atoms with Crippen molar-refractivity contribution in [2.24, 2.45) is 0 Å². The Kier molecular flexibility index (Phi) is 4.02. The van der Waals surface area contributed by atoms with E-state index < -0.39 is 30.2 Å². The van der Waals surface area contributed by atoms with Crippen molar-refractivity contribution in [1.82, 2.24) is 0 Å². The van der Waals surface area contributed by atoms with Gasteiger partial charge in [0.15, 0.2) is 5.79 Å². The monoisotopic (exact) mass is 264 g/mol. The van der Waals surface area contributed by atoms with E-state index in [9.17, 15) is 10.2 Å². The number of thioether (sulfide) groups is 1. The SMILES string of the molecule is CCSC1O[C@H](CO)[C@@H]2OC(C)(C)O[C@@H]2[C@H]1O. The molecule has 5 nitrogen and oxygen atoms in total. The van der Waals surface area contributed by atoms with Gasteiger partial charge in [-0.25, -0.2) is 0 Å². The average molecular weight is 264 g/mol. The maximum atomic E-state index is 10.2. The van der Waals surface area contributed by atoms with Gasteiger partial charge in [0.05, 0.1) is 6.61 Å². The van der Waals surface area contributed by atoms with Crippen LogP contribution in [0.1, 0.15) is 20.8 Å². The molecule has 0 aromatic heterocycles. The number of hydrogen-bond donors (Lipinski definition) is 2. The molecule has 5 atom stereocenters. The third kappa shape index (κ3) is 2.62. The summed E-state index contributed by atoms with van der Waals surface area (Å²) < 4.78 is 17.0. The molecule has 100 valence electrons. The molecule has 2 aliphatic rings. The highest BCUT2D eigenvalue weighted by Crippen LogP contribution is 2.39. The Balaban J connectivity index is 2.14. The topological polar surface area (TPSA) is 68.2 Å². The summed E-state index contributed by atoms with van der Waals surface area (Å²) in [6.07, 6.45) is -2.00. The number of aliphatic hydroxyl groups is 2. The molecule has 0 aromatic rings. The van der Waals surface area contributed by atoms with Crippen LogP contribution >= 0.6 is 11.8 Å². The minimum atomic E-state index is -0.737. The molecule has 2 heterocycles. The summed E-state index contributed by atoms with van der Waals surface area (Å²) >= 11 is 1.51. The van der Waals surface area contributed by atoms with Crippen LogP contribution in [-0.4, -0.2) is 58.2 Å². The number of hydrogen-bond acceptors (Lipinski definition) is 6. The zero-order valence-corrected chi connectivity index (χ0v) is 11.1. The van der Waals surface area contributed by atoms with Gasteiger partial charge in [0.2, 0.25) is 0 Å². The first kappa shape index (κ1) is 13.6. The Bertz CT molecular complexity index is 273. The molecule has 0 aliphatic carbocycles. The summed E-state index contributed by atoms with van der Waals surface area (Å²) in [7, 11) is 0. The summed E-state index contributed by atoms with van der Waals surface area (Å²) in [4.78, 5) is 0. The van der Waals surface area contributed by atoms with Gasteiger partial charge in [-0.1, -0.05) is 6.92 Å². The first-order chi connectivity index (χ1) is 7.98. The quantitative estimate of drug-likeness (QED) is 0.766. The second-order valence-electron chi connectivity index (χ2n) is 4.74. The largest absolute Gasteiger partial charge is 0.394 e. The van der Waals surface area contributed by atoms with Crippen molar-refractivity contribution in [3.63, 3.8) is 0 Å². The predicted molar refractivity (Wildman–Crippen MR) is 63.7 cm³/mol. The van der Waals surface area contributed by atoms with Gasteiger partial charge in [0, 0.05) is 0 Å². The fourth-order valence-corrected chi connectivity index (χ4v) is 3.20. The number of fused-ring (bicyclic) bond motifs is 1. The molecule has 0 spiro atoms. The van der Waals surface area contributed by atoms with E-state index in [4.69, 9.17) is 14.2 Å². The minimum absolute atomic E-state index is 0.131. The van der Waals surface area contributed by atoms with Gasteiger partial charge in [-0.3, -0.25) is 0 Å². The lowest BCUT2D eigenvalue weighted by atomic mass is 10.0. The molecule has 1 unspecified atom stereocenters. The highest BCUT2D eigenvalue weighted by atomic mass is 32.2. The van der Waals surface area contributed by atoms with Crippen molar-refractivity contribution in [1.29, 1.82) is 0 Å². The van der Waals surface area contributed by atoms with E-state index in [1.54, 1.807) is 13.8 Å².